The van der Waals surface area contributed by atoms with Crippen LogP contribution in [0.2, 0.25) is 0 Å². The molecule has 1 aromatic carbocycles. The monoisotopic (exact) mass is 380 g/mol. The molecule has 0 aliphatic heterocycles. The van der Waals surface area contributed by atoms with Crippen molar-refractivity contribution in [2.24, 2.45) is 0 Å². The molecule has 0 bridgehead atoms. The van der Waals surface area contributed by atoms with E-state index in [0.29, 0.717) is 6.04 Å². The number of benzene rings is 1. The third-order valence-electron chi connectivity index (χ3n) is 4.47. The van der Waals surface area contributed by atoms with Gasteiger partial charge in [0.25, 0.3) is 0 Å². The van der Waals surface area contributed by atoms with E-state index in [1.807, 2.05) is 5.38 Å². The van der Waals surface area contributed by atoms with Crippen LogP contribution in [0.25, 0.3) is 11.3 Å². The van der Waals surface area contributed by atoms with Crippen LogP contribution < -0.4 is 10.2 Å². The molecule has 22 heavy (non-hydrogen) atoms. The maximum absolute atomic E-state index is 11.4. The summed E-state index contributed by atoms with van der Waals surface area (Å²) in [6, 6.07) is 5.00. The average molecular weight is 381 g/mol. The van der Waals surface area contributed by atoms with E-state index < -0.39 is 0 Å². The molecule has 5 heteroatoms. The Morgan fingerprint density at radius 2 is 2.14 bits per heavy atom. The summed E-state index contributed by atoms with van der Waals surface area (Å²) in [6.45, 7) is 3.16. The van der Waals surface area contributed by atoms with Gasteiger partial charge in [-0.15, -0.1) is 0 Å². The van der Waals surface area contributed by atoms with Crippen molar-refractivity contribution in [3.05, 3.63) is 42.8 Å². The molecule has 0 spiro atoms. The Hall–Kier alpha value is -0.910. The molecule has 3 nitrogen and oxygen atoms in total. The third-order valence-corrected chi connectivity index (χ3v) is 5.96. The molecule has 3 rings (SSSR count). The van der Waals surface area contributed by atoms with Crippen LogP contribution in [0.15, 0.2) is 26.8 Å². The Morgan fingerprint density at radius 3 is 2.82 bits per heavy atom. The van der Waals surface area contributed by atoms with E-state index in [0.717, 1.165) is 28.7 Å². The van der Waals surface area contributed by atoms with Crippen LogP contribution in [-0.2, 0) is 6.42 Å². The number of aromatic amines is 1. The third kappa shape index (κ3) is 3.70. The van der Waals surface area contributed by atoms with Crippen LogP contribution in [0.5, 0.6) is 0 Å². The number of hydrogen-bond acceptors (Lipinski definition) is 3. The van der Waals surface area contributed by atoms with E-state index in [-0.39, 0.29) is 4.87 Å². The lowest BCUT2D eigenvalue weighted by Crippen LogP contribution is -2.28. The van der Waals surface area contributed by atoms with Gasteiger partial charge in [-0.2, -0.15) is 0 Å². The van der Waals surface area contributed by atoms with Crippen LogP contribution in [0.1, 0.15) is 36.8 Å². The van der Waals surface area contributed by atoms with Crippen molar-refractivity contribution in [2.75, 3.05) is 6.54 Å². The molecule has 1 aromatic heterocycles. The maximum Gasteiger partial charge on any atom is 0.304 e. The molecule has 0 atom stereocenters. The first kappa shape index (κ1) is 16.0. The van der Waals surface area contributed by atoms with Crippen molar-refractivity contribution in [1.29, 1.82) is 0 Å². The van der Waals surface area contributed by atoms with Gasteiger partial charge in [-0.3, -0.25) is 4.79 Å². The topological polar surface area (TPSA) is 44.9 Å². The van der Waals surface area contributed by atoms with Gasteiger partial charge in [-0.05, 0) is 56.0 Å². The summed E-state index contributed by atoms with van der Waals surface area (Å²) in [5.74, 6) is 0. The highest BCUT2D eigenvalue weighted by atomic mass is 79.9. The Kier molecular flexibility index (Phi) is 5.16. The van der Waals surface area contributed by atoms with Gasteiger partial charge in [-0.25, -0.2) is 0 Å². The van der Waals surface area contributed by atoms with Gasteiger partial charge in [-0.1, -0.05) is 40.1 Å². The van der Waals surface area contributed by atoms with Gasteiger partial charge in [0, 0.05) is 21.5 Å². The number of nitrogens with one attached hydrogen (secondary N) is 2. The second-order valence-corrected chi connectivity index (χ2v) is 7.69. The summed E-state index contributed by atoms with van der Waals surface area (Å²) in [6.07, 6.45) is 6.38. The second kappa shape index (κ2) is 7.11. The second-order valence-electron chi connectivity index (χ2n) is 5.99. The van der Waals surface area contributed by atoms with Crippen molar-refractivity contribution in [3.63, 3.8) is 0 Å². The first-order chi connectivity index (χ1) is 10.6. The van der Waals surface area contributed by atoms with Gasteiger partial charge >= 0.3 is 4.87 Å². The van der Waals surface area contributed by atoms with E-state index in [1.165, 1.54) is 48.1 Å². The molecule has 0 saturated heterocycles. The highest BCUT2D eigenvalue weighted by molar-refractivity contribution is 9.10. The molecule has 1 heterocycles. The predicted octanol–water partition coefficient (Wildman–Crippen LogP) is 4.25. The number of thiazole rings is 1. The fourth-order valence-electron chi connectivity index (χ4n) is 3.11. The number of halogens is 1. The van der Waals surface area contributed by atoms with E-state index in [2.05, 4.69) is 45.3 Å². The summed E-state index contributed by atoms with van der Waals surface area (Å²) in [5, 5.41) is 5.56. The molecule has 0 amide bonds. The van der Waals surface area contributed by atoms with Crippen LogP contribution in [0, 0.1) is 6.92 Å². The summed E-state index contributed by atoms with van der Waals surface area (Å²) >= 11 is 4.86. The highest BCUT2D eigenvalue weighted by Gasteiger charge is 2.14. The Balaban J connectivity index is 1.74. The molecule has 2 N–H and O–H groups in total. The Morgan fingerprint density at radius 1 is 1.36 bits per heavy atom. The summed E-state index contributed by atoms with van der Waals surface area (Å²) in [4.78, 5) is 14.3. The molecule has 0 unspecified atom stereocenters. The zero-order valence-electron chi connectivity index (χ0n) is 12.7. The van der Waals surface area contributed by atoms with Crippen LogP contribution in [0.3, 0.4) is 0 Å². The molecule has 118 valence electrons. The van der Waals surface area contributed by atoms with E-state index in [1.54, 1.807) is 0 Å². The molecule has 1 saturated carbocycles. The van der Waals surface area contributed by atoms with E-state index in [9.17, 15) is 4.79 Å². The molecule has 1 fully saturated rings. The maximum atomic E-state index is 11.4. The van der Waals surface area contributed by atoms with Crippen molar-refractivity contribution in [3.8, 4) is 11.3 Å². The quantitative estimate of drug-likeness (QED) is 0.813. The van der Waals surface area contributed by atoms with Crippen LogP contribution >= 0.6 is 27.3 Å². The normalized spacial score (nSPS) is 15.5. The van der Waals surface area contributed by atoms with Gasteiger partial charge in [0.15, 0.2) is 0 Å². The molecular weight excluding hydrogens is 360 g/mol. The molecule has 1 aliphatic carbocycles. The van der Waals surface area contributed by atoms with Gasteiger partial charge in [0.1, 0.15) is 0 Å². The minimum atomic E-state index is -0.00357. The number of H-pyrrole nitrogens is 1. The summed E-state index contributed by atoms with van der Waals surface area (Å²) < 4.78 is 1.10. The van der Waals surface area contributed by atoms with Gasteiger partial charge in [0.2, 0.25) is 0 Å². The SMILES string of the molecule is Cc1c(Br)cc(-c2csc(=O)[nH]2)cc1CCNC1CCCC1. The van der Waals surface area contributed by atoms with Crippen LogP contribution in [-0.4, -0.2) is 17.6 Å². The Bertz CT molecular complexity index is 701. The average Bonchev–Trinajstić information content (AvgIpc) is 3.15. The number of hydrogen-bond donors (Lipinski definition) is 2. The minimum Gasteiger partial charge on any atom is -0.314 e. The lowest BCUT2D eigenvalue weighted by atomic mass is 10.0. The fraction of sp³-hybridized carbons (Fsp3) is 0.471. The molecule has 1 aliphatic rings. The fourth-order valence-corrected chi connectivity index (χ4v) is 4.20. The largest absolute Gasteiger partial charge is 0.314 e. The van der Waals surface area contributed by atoms with Gasteiger partial charge < -0.3 is 10.3 Å². The lowest BCUT2D eigenvalue weighted by Gasteiger charge is -2.14. The van der Waals surface area contributed by atoms with Gasteiger partial charge in [0.05, 0.1) is 5.69 Å². The van der Waals surface area contributed by atoms with Crippen molar-refractivity contribution >= 4 is 27.3 Å². The first-order valence-electron chi connectivity index (χ1n) is 7.84. The van der Waals surface area contributed by atoms with E-state index in [4.69, 9.17) is 0 Å². The zero-order valence-corrected chi connectivity index (χ0v) is 15.1. The lowest BCUT2D eigenvalue weighted by molar-refractivity contribution is 0.527. The van der Waals surface area contributed by atoms with Crippen molar-refractivity contribution < 1.29 is 0 Å². The minimum absolute atomic E-state index is 0.00357. The number of rotatable bonds is 5. The van der Waals surface area contributed by atoms with Crippen molar-refractivity contribution in [2.45, 2.75) is 45.1 Å². The summed E-state index contributed by atoms with van der Waals surface area (Å²) in [7, 11) is 0. The zero-order chi connectivity index (χ0) is 15.5. The van der Waals surface area contributed by atoms with Crippen molar-refractivity contribution in [1.82, 2.24) is 10.3 Å². The standard InChI is InChI=1S/C17H21BrN2OS/c1-11-12(6-7-19-14-4-2-3-5-14)8-13(9-15(11)18)16-10-22-17(21)20-16/h8-10,14,19H,2-7H2,1H3,(H,20,21). The highest BCUT2D eigenvalue weighted by Crippen LogP contribution is 2.28. The molecular formula is C17H21BrN2OS. The van der Waals surface area contributed by atoms with Crippen LogP contribution in [0.4, 0.5) is 0 Å². The van der Waals surface area contributed by atoms with E-state index >= 15 is 0 Å². The summed E-state index contributed by atoms with van der Waals surface area (Å²) in [5.41, 5.74) is 4.60. The first-order valence-corrected chi connectivity index (χ1v) is 9.51. The predicted molar refractivity (Wildman–Crippen MR) is 96.8 cm³/mol. The Labute approximate surface area is 143 Å². The molecule has 0 radical (unpaired) electrons. The number of aromatic nitrogens is 1. The smallest absolute Gasteiger partial charge is 0.304 e. The molecule has 2 aromatic rings.